The number of phosphoric acid groups is 2. The van der Waals surface area contributed by atoms with Crippen molar-refractivity contribution in [2.45, 2.75) is 426 Å². The summed E-state index contributed by atoms with van der Waals surface area (Å²) in [6.45, 7) is 9.62. The number of ether oxygens (including phenoxy) is 4. The molecule has 576 valence electrons. The van der Waals surface area contributed by atoms with E-state index >= 15 is 0 Å². The summed E-state index contributed by atoms with van der Waals surface area (Å²) in [7, 11) is -9.91. The predicted molar refractivity (Wildman–Crippen MR) is 395 cm³/mol. The average Bonchev–Trinajstić information content (AvgIpc) is 1.40. The first-order valence-corrected chi connectivity index (χ1v) is 43.5. The quantitative estimate of drug-likeness (QED) is 0.0222. The van der Waals surface area contributed by atoms with Crippen molar-refractivity contribution in [3.8, 4) is 0 Å². The number of carbonyl (C=O) groups excluding carboxylic acids is 4. The van der Waals surface area contributed by atoms with E-state index in [9.17, 15) is 43.2 Å². The fourth-order valence-corrected chi connectivity index (χ4v) is 13.6. The third-order valence-corrected chi connectivity index (χ3v) is 20.1. The zero-order chi connectivity index (χ0) is 71.4. The van der Waals surface area contributed by atoms with Crippen molar-refractivity contribution in [1.82, 2.24) is 0 Å². The number of rotatable bonds is 77. The summed E-state index contributed by atoms with van der Waals surface area (Å²) in [6.07, 6.45) is 58.3. The maximum Gasteiger partial charge on any atom is 0.472 e. The minimum atomic E-state index is -4.96. The van der Waals surface area contributed by atoms with E-state index < -0.39 is 97.5 Å². The molecule has 0 amide bonds. The van der Waals surface area contributed by atoms with Crippen LogP contribution in [0.5, 0.6) is 0 Å². The standard InChI is InChI=1S/C78H152O17P2/c1-7-9-11-13-15-17-18-19-20-21-22-23-26-33-38-44-50-56-62-77(82)95-74(67-89-76(81)61-55-49-43-37-32-27-24-25-30-35-40-46-52-58-70(3)4)69-93-97(86,87)91-65-72(79)64-90-96(84,85)92-68-73(66-88-75(80)60-54-48-42-16-14-12-10-8-2)94-78(83)63-57-51-45-39-34-29-28-31-36-41-47-53-59-71(5)6/h70-74,79H,7-69H2,1-6H3,(H,84,85)(H,86,87)/t72-,73+,74+/m0/s1. The van der Waals surface area contributed by atoms with Crippen molar-refractivity contribution in [2.75, 3.05) is 39.6 Å². The molecule has 0 aliphatic carbocycles. The van der Waals surface area contributed by atoms with Crippen molar-refractivity contribution in [2.24, 2.45) is 11.8 Å². The second-order valence-electron chi connectivity index (χ2n) is 29.1. The van der Waals surface area contributed by atoms with Crippen LogP contribution in [0.15, 0.2) is 0 Å². The van der Waals surface area contributed by atoms with Gasteiger partial charge in [0.25, 0.3) is 0 Å². The van der Waals surface area contributed by atoms with Crippen LogP contribution >= 0.6 is 15.6 Å². The molecular weight excluding hydrogens is 1270 g/mol. The van der Waals surface area contributed by atoms with E-state index in [0.717, 1.165) is 108 Å². The highest BCUT2D eigenvalue weighted by molar-refractivity contribution is 7.47. The minimum Gasteiger partial charge on any atom is -0.462 e. The minimum absolute atomic E-state index is 0.107. The largest absolute Gasteiger partial charge is 0.472 e. The van der Waals surface area contributed by atoms with Gasteiger partial charge in [-0.3, -0.25) is 37.3 Å². The van der Waals surface area contributed by atoms with Crippen LogP contribution in [0.2, 0.25) is 0 Å². The van der Waals surface area contributed by atoms with Crippen LogP contribution in [0, 0.1) is 11.8 Å². The molecule has 0 aromatic heterocycles. The lowest BCUT2D eigenvalue weighted by atomic mass is 10.0. The first-order chi connectivity index (χ1) is 46.9. The molecule has 2 unspecified atom stereocenters. The lowest BCUT2D eigenvalue weighted by Crippen LogP contribution is -2.30. The molecule has 0 bridgehead atoms. The molecule has 0 spiro atoms. The number of esters is 4. The molecule has 0 aliphatic rings. The number of aliphatic hydroxyl groups is 1. The number of phosphoric ester groups is 2. The molecule has 0 heterocycles. The van der Waals surface area contributed by atoms with E-state index in [0.29, 0.717) is 25.7 Å². The normalized spacial score (nSPS) is 14.0. The lowest BCUT2D eigenvalue weighted by Gasteiger charge is -2.21. The van der Waals surface area contributed by atoms with E-state index in [2.05, 4.69) is 41.5 Å². The number of aliphatic hydroxyl groups excluding tert-OH is 1. The first kappa shape index (κ1) is 95.1. The fourth-order valence-electron chi connectivity index (χ4n) is 12.0. The molecule has 0 saturated carbocycles. The molecule has 97 heavy (non-hydrogen) atoms. The van der Waals surface area contributed by atoms with Gasteiger partial charge in [0, 0.05) is 25.7 Å². The Balaban J connectivity index is 5.21. The van der Waals surface area contributed by atoms with Gasteiger partial charge in [-0.05, 0) is 37.5 Å². The van der Waals surface area contributed by atoms with Crippen LogP contribution in [-0.4, -0.2) is 96.7 Å². The Hall–Kier alpha value is -1.94. The van der Waals surface area contributed by atoms with Gasteiger partial charge in [-0.25, -0.2) is 9.13 Å². The maximum atomic E-state index is 13.1. The van der Waals surface area contributed by atoms with Gasteiger partial charge >= 0.3 is 39.5 Å². The topological polar surface area (TPSA) is 237 Å². The smallest absolute Gasteiger partial charge is 0.462 e. The SMILES string of the molecule is CCCCCCCCCCCCCCCCCCCCC(=O)O[C@H](COC(=O)CCCCCCCCCCCCCCCC(C)C)COP(=O)(O)OC[C@@H](O)COP(=O)(O)OC[C@@H](COC(=O)CCCCCCCCCC)OC(=O)CCCCCCCCCCCCCCC(C)C. The molecular formula is C78H152O17P2. The predicted octanol–water partition coefficient (Wildman–Crippen LogP) is 23.1. The third-order valence-electron chi connectivity index (χ3n) is 18.2. The summed E-state index contributed by atoms with van der Waals surface area (Å²) in [5, 5.41) is 10.6. The van der Waals surface area contributed by atoms with E-state index in [4.69, 9.17) is 37.0 Å². The van der Waals surface area contributed by atoms with Gasteiger partial charge < -0.3 is 33.8 Å². The second-order valence-corrected chi connectivity index (χ2v) is 32.0. The van der Waals surface area contributed by atoms with Crippen molar-refractivity contribution in [3.05, 3.63) is 0 Å². The number of unbranched alkanes of at least 4 members (excludes halogenated alkanes) is 47. The van der Waals surface area contributed by atoms with Gasteiger partial charge in [0.15, 0.2) is 12.2 Å². The Morgan fingerprint density at radius 3 is 0.701 bits per heavy atom. The zero-order valence-corrected chi connectivity index (χ0v) is 65.2. The highest BCUT2D eigenvalue weighted by atomic mass is 31.2. The van der Waals surface area contributed by atoms with Crippen molar-refractivity contribution in [1.29, 1.82) is 0 Å². The molecule has 0 aromatic carbocycles. The summed E-state index contributed by atoms with van der Waals surface area (Å²) in [4.78, 5) is 72.8. The monoisotopic (exact) mass is 1420 g/mol. The molecule has 17 nitrogen and oxygen atoms in total. The summed E-state index contributed by atoms with van der Waals surface area (Å²) in [5.74, 6) is -0.546. The van der Waals surface area contributed by atoms with Crippen LogP contribution < -0.4 is 0 Å². The molecule has 0 fully saturated rings. The Morgan fingerprint density at radius 1 is 0.278 bits per heavy atom. The molecule has 0 radical (unpaired) electrons. The highest BCUT2D eigenvalue weighted by Crippen LogP contribution is 2.45. The summed E-state index contributed by atoms with van der Waals surface area (Å²) in [6, 6.07) is 0. The van der Waals surface area contributed by atoms with Crippen molar-refractivity contribution < 1.29 is 80.2 Å². The zero-order valence-electron chi connectivity index (χ0n) is 63.4. The van der Waals surface area contributed by atoms with Gasteiger partial charge in [0.2, 0.25) is 0 Å². The molecule has 0 rings (SSSR count). The van der Waals surface area contributed by atoms with Crippen LogP contribution in [0.3, 0.4) is 0 Å². The van der Waals surface area contributed by atoms with Crippen molar-refractivity contribution in [3.63, 3.8) is 0 Å². The molecule has 0 aliphatic heterocycles. The Morgan fingerprint density at radius 2 is 0.474 bits per heavy atom. The molecule has 3 N–H and O–H groups in total. The average molecular weight is 1420 g/mol. The summed E-state index contributed by atoms with van der Waals surface area (Å²) in [5.41, 5.74) is 0. The van der Waals surface area contributed by atoms with Crippen molar-refractivity contribution >= 4 is 39.5 Å². The van der Waals surface area contributed by atoms with E-state index in [1.54, 1.807) is 0 Å². The third kappa shape index (κ3) is 72.2. The molecule has 19 heteroatoms. The van der Waals surface area contributed by atoms with Gasteiger partial charge in [0.1, 0.15) is 19.3 Å². The van der Waals surface area contributed by atoms with Gasteiger partial charge in [-0.15, -0.1) is 0 Å². The van der Waals surface area contributed by atoms with E-state index in [-0.39, 0.29) is 25.7 Å². The first-order valence-electron chi connectivity index (χ1n) is 40.5. The van der Waals surface area contributed by atoms with Crippen LogP contribution in [0.4, 0.5) is 0 Å². The Bertz CT molecular complexity index is 1870. The number of hydrogen-bond acceptors (Lipinski definition) is 15. The highest BCUT2D eigenvalue weighted by Gasteiger charge is 2.30. The van der Waals surface area contributed by atoms with Crippen LogP contribution in [-0.2, 0) is 65.4 Å². The van der Waals surface area contributed by atoms with Gasteiger partial charge in [-0.2, -0.15) is 0 Å². The lowest BCUT2D eigenvalue weighted by molar-refractivity contribution is -0.161. The van der Waals surface area contributed by atoms with E-state index in [1.165, 1.54) is 218 Å². The van der Waals surface area contributed by atoms with Crippen LogP contribution in [0.25, 0.3) is 0 Å². The Labute approximate surface area is 594 Å². The van der Waals surface area contributed by atoms with E-state index in [1.807, 2.05) is 0 Å². The van der Waals surface area contributed by atoms with Gasteiger partial charge in [-0.1, -0.05) is 356 Å². The summed E-state index contributed by atoms with van der Waals surface area (Å²) >= 11 is 0. The fraction of sp³-hybridized carbons (Fsp3) is 0.949. The molecule has 0 saturated heterocycles. The number of carbonyl (C=O) groups is 4. The molecule has 0 aromatic rings. The Kier molecular flexibility index (Phi) is 68.4. The summed E-state index contributed by atoms with van der Waals surface area (Å²) < 4.78 is 68.6. The van der Waals surface area contributed by atoms with Gasteiger partial charge in [0.05, 0.1) is 26.4 Å². The van der Waals surface area contributed by atoms with Crippen LogP contribution in [0.1, 0.15) is 408 Å². The maximum absolute atomic E-state index is 13.1. The second kappa shape index (κ2) is 69.8. The molecule has 5 atom stereocenters. The number of hydrogen-bond donors (Lipinski definition) is 3.